The van der Waals surface area contributed by atoms with Crippen LogP contribution in [0.3, 0.4) is 0 Å². The third-order valence-corrected chi connectivity index (χ3v) is 5.90. The third kappa shape index (κ3) is 6.43. The molecule has 0 aliphatic carbocycles. The second-order valence-corrected chi connectivity index (χ2v) is 9.08. The minimum atomic E-state index is -3.68. The molecule has 1 aromatic carbocycles. The second-order valence-electron chi connectivity index (χ2n) is 7.19. The summed E-state index contributed by atoms with van der Waals surface area (Å²) in [4.78, 5) is 18.3. The number of aromatic nitrogens is 2. The van der Waals surface area contributed by atoms with Gasteiger partial charge in [0.2, 0.25) is 15.0 Å². The molecule has 0 saturated carbocycles. The largest absolute Gasteiger partial charge is 0.383 e. The number of rotatable bonds is 11. The first-order valence-electron chi connectivity index (χ1n) is 9.74. The Hall–Kier alpha value is -2.65. The number of benzene rings is 1. The molecule has 9 heteroatoms. The Labute approximate surface area is 178 Å². The lowest BCUT2D eigenvalue weighted by Gasteiger charge is -2.23. The van der Waals surface area contributed by atoms with Gasteiger partial charge in [0.1, 0.15) is 0 Å². The van der Waals surface area contributed by atoms with E-state index in [1.807, 2.05) is 19.9 Å². The maximum absolute atomic E-state index is 13.1. The molecule has 0 spiro atoms. The maximum atomic E-state index is 13.1. The number of hydrogen-bond donors (Lipinski definition) is 1. The van der Waals surface area contributed by atoms with Gasteiger partial charge in [-0.3, -0.25) is 0 Å². The minimum Gasteiger partial charge on any atom is -0.383 e. The molecule has 2 amide bonds. The zero-order chi connectivity index (χ0) is 22.1. The van der Waals surface area contributed by atoms with Gasteiger partial charge in [-0.25, -0.2) is 18.2 Å². The zero-order valence-corrected chi connectivity index (χ0v) is 18.6. The number of carbonyl (C=O) groups excluding carboxylic acids is 1. The average Bonchev–Trinajstić information content (AvgIpc) is 3.09. The lowest BCUT2D eigenvalue weighted by atomic mass is 10.2. The van der Waals surface area contributed by atoms with Gasteiger partial charge < -0.3 is 19.5 Å². The Morgan fingerprint density at radius 3 is 2.63 bits per heavy atom. The fraction of sp³-hybridized carbons (Fsp3) is 0.429. The van der Waals surface area contributed by atoms with Crippen molar-refractivity contribution in [2.24, 2.45) is 0 Å². The molecular formula is C21H30N4O4S. The van der Waals surface area contributed by atoms with Crippen LogP contribution in [0.4, 0.5) is 4.79 Å². The number of nitrogens with zero attached hydrogens (tertiary/aromatic N) is 3. The van der Waals surface area contributed by atoms with E-state index in [2.05, 4.69) is 16.9 Å². The molecule has 0 unspecified atom stereocenters. The van der Waals surface area contributed by atoms with Gasteiger partial charge in [0.15, 0.2) is 0 Å². The first-order valence-corrected chi connectivity index (χ1v) is 11.4. The van der Waals surface area contributed by atoms with Gasteiger partial charge in [-0.05, 0) is 19.4 Å². The molecule has 164 valence electrons. The number of sulfone groups is 1. The Morgan fingerprint density at radius 1 is 1.33 bits per heavy atom. The molecule has 0 bridgehead atoms. The molecule has 1 N–H and O–H groups in total. The van der Waals surface area contributed by atoms with E-state index < -0.39 is 9.84 Å². The SMILES string of the molecule is C=CCN(Cc1cnc(S(=O)(=O)Cc2ccccc2)n1CCOC)C(=O)NC(C)C. The van der Waals surface area contributed by atoms with Gasteiger partial charge in [0, 0.05) is 26.2 Å². The topological polar surface area (TPSA) is 93.5 Å². The quantitative estimate of drug-likeness (QED) is 0.549. The highest BCUT2D eigenvalue weighted by Crippen LogP contribution is 2.19. The lowest BCUT2D eigenvalue weighted by molar-refractivity contribution is 0.180. The summed E-state index contributed by atoms with van der Waals surface area (Å²) in [6, 6.07) is 8.70. The maximum Gasteiger partial charge on any atom is 0.318 e. The van der Waals surface area contributed by atoms with Crippen molar-refractivity contribution in [2.75, 3.05) is 20.3 Å². The van der Waals surface area contributed by atoms with Crippen LogP contribution in [-0.2, 0) is 33.4 Å². The Bertz CT molecular complexity index is 939. The minimum absolute atomic E-state index is 0.0231. The summed E-state index contributed by atoms with van der Waals surface area (Å²) >= 11 is 0. The van der Waals surface area contributed by atoms with Gasteiger partial charge in [0.05, 0.1) is 30.8 Å². The van der Waals surface area contributed by atoms with E-state index in [0.29, 0.717) is 31.0 Å². The van der Waals surface area contributed by atoms with E-state index in [1.54, 1.807) is 46.9 Å². The molecule has 0 fully saturated rings. The Kier molecular flexibility index (Phi) is 8.61. The molecule has 30 heavy (non-hydrogen) atoms. The lowest BCUT2D eigenvalue weighted by Crippen LogP contribution is -2.43. The number of carbonyl (C=O) groups is 1. The standard InChI is InChI=1S/C21H30N4O4S/c1-5-11-24(20(26)23-17(2)3)15-19-14-22-21(25(19)12-13-29-4)30(27,28)16-18-9-7-6-8-10-18/h5-10,14,17H,1,11-13,15-16H2,2-4H3,(H,23,26). The summed E-state index contributed by atoms with van der Waals surface area (Å²) in [7, 11) is -2.13. The van der Waals surface area contributed by atoms with E-state index in [0.717, 1.165) is 0 Å². The van der Waals surface area contributed by atoms with Crippen molar-refractivity contribution in [3.8, 4) is 0 Å². The molecule has 0 radical (unpaired) electrons. The predicted molar refractivity (Wildman–Crippen MR) is 116 cm³/mol. The molecule has 0 aliphatic heterocycles. The number of methoxy groups -OCH3 is 1. The van der Waals surface area contributed by atoms with Crippen LogP contribution in [0.25, 0.3) is 0 Å². The highest BCUT2D eigenvalue weighted by Gasteiger charge is 2.25. The Morgan fingerprint density at radius 2 is 2.03 bits per heavy atom. The Balaban J connectivity index is 2.35. The van der Waals surface area contributed by atoms with Crippen LogP contribution in [0.1, 0.15) is 25.1 Å². The van der Waals surface area contributed by atoms with Crippen LogP contribution >= 0.6 is 0 Å². The van der Waals surface area contributed by atoms with Crippen LogP contribution < -0.4 is 5.32 Å². The molecule has 1 heterocycles. The van der Waals surface area contributed by atoms with E-state index in [4.69, 9.17) is 4.74 Å². The molecule has 2 aromatic rings. The highest BCUT2D eigenvalue weighted by molar-refractivity contribution is 7.90. The number of nitrogens with one attached hydrogen (secondary N) is 1. The summed E-state index contributed by atoms with van der Waals surface area (Å²) in [5, 5.41) is 2.82. The van der Waals surface area contributed by atoms with E-state index in [9.17, 15) is 13.2 Å². The van der Waals surface area contributed by atoms with Crippen LogP contribution in [0.15, 0.2) is 54.3 Å². The van der Waals surface area contributed by atoms with Crippen molar-refractivity contribution >= 4 is 15.9 Å². The van der Waals surface area contributed by atoms with Gasteiger partial charge in [-0.2, -0.15) is 0 Å². The van der Waals surface area contributed by atoms with E-state index in [-0.39, 0.29) is 29.5 Å². The van der Waals surface area contributed by atoms with Gasteiger partial charge in [0.25, 0.3) is 0 Å². The van der Waals surface area contributed by atoms with Crippen molar-refractivity contribution < 1.29 is 17.9 Å². The summed E-state index contributed by atoms with van der Waals surface area (Å²) in [5.41, 5.74) is 1.30. The first kappa shape index (κ1) is 23.6. The van der Waals surface area contributed by atoms with Crippen LogP contribution in [0.5, 0.6) is 0 Å². The third-order valence-electron chi connectivity index (χ3n) is 4.30. The van der Waals surface area contributed by atoms with Gasteiger partial charge >= 0.3 is 6.03 Å². The number of imidazole rings is 1. The highest BCUT2D eigenvalue weighted by atomic mass is 32.2. The van der Waals surface area contributed by atoms with Crippen molar-refractivity contribution in [3.05, 3.63) is 60.4 Å². The molecule has 0 atom stereocenters. The summed E-state index contributed by atoms with van der Waals surface area (Å²) in [5.74, 6) is -0.151. The monoisotopic (exact) mass is 434 g/mol. The summed E-state index contributed by atoms with van der Waals surface area (Å²) < 4.78 is 32.9. The molecule has 8 nitrogen and oxygen atoms in total. The summed E-state index contributed by atoms with van der Waals surface area (Å²) in [6.45, 7) is 8.60. The van der Waals surface area contributed by atoms with Crippen molar-refractivity contribution in [2.45, 2.75) is 43.9 Å². The van der Waals surface area contributed by atoms with E-state index >= 15 is 0 Å². The fourth-order valence-corrected chi connectivity index (χ4v) is 4.47. The van der Waals surface area contributed by atoms with Crippen molar-refractivity contribution in [1.29, 1.82) is 0 Å². The second kappa shape index (κ2) is 10.9. The fourth-order valence-electron chi connectivity index (χ4n) is 2.96. The van der Waals surface area contributed by atoms with E-state index in [1.165, 1.54) is 6.20 Å². The zero-order valence-electron chi connectivity index (χ0n) is 17.7. The van der Waals surface area contributed by atoms with Crippen molar-refractivity contribution in [1.82, 2.24) is 19.8 Å². The number of amides is 2. The van der Waals surface area contributed by atoms with Crippen LogP contribution in [0.2, 0.25) is 0 Å². The van der Waals surface area contributed by atoms with Crippen molar-refractivity contribution in [3.63, 3.8) is 0 Å². The van der Waals surface area contributed by atoms with Gasteiger partial charge in [-0.15, -0.1) is 6.58 Å². The normalized spacial score (nSPS) is 11.5. The average molecular weight is 435 g/mol. The first-order chi connectivity index (χ1) is 14.3. The van der Waals surface area contributed by atoms with Crippen LogP contribution in [-0.4, -0.2) is 55.2 Å². The van der Waals surface area contributed by atoms with Gasteiger partial charge in [-0.1, -0.05) is 36.4 Å². The summed E-state index contributed by atoms with van der Waals surface area (Å²) in [6.07, 6.45) is 3.13. The molecule has 0 saturated heterocycles. The molecule has 1 aromatic heterocycles. The number of urea groups is 1. The van der Waals surface area contributed by atoms with Crippen LogP contribution in [0, 0.1) is 0 Å². The number of hydrogen-bond acceptors (Lipinski definition) is 5. The molecule has 0 aliphatic rings. The predicted octanol–water partition coefficient (Wildman–Crippen LogP) is 2.61. The molecule has 2 rings (SSSR count). The smallest absolute Gasteiger partial charge is 0.318 e. The number of ether oxygens (including phenoxy) is 1. The molecular weight excluding hydrogens is 404 g/mol.